The van der Waals surface area contributed by atoms with Crippen LogP contribution in [0.5, 0.6) is 0 Å². The summed E-state index contributed by atoms with van der Waals surface area (Å²) in [5.74, 6) is 0.428. The van der Waals surface area contributed by atoms with Crippen molar-refractivity contribution in [3.05, 3.63) is 0 Å². The van der Waals surface area contributed by atoms with E-state index in [1.807, 2.05) is 41.5 Å². The van der Waals surface area contributed by atoms with Crippen LogP contribution >= 0.6 is 0 Å². The summed E-state index contributed by atoms with van der Waals surface area (Å²) in [6.07, 6.45) is -0.0321. The number of hydrogen-bond donors (Lipinski definition) is 1. The van der Waals surface area contributed by atoms with Crippen LogP contribution in [-0.2, 0) is 9.53 Å². The highest BCUT2D eigenvalue weighted by Gasteiger charge is 2.53. The third-order valence-corrected chi connectivity index (χ3v) is 3.60. The van der Waals surface area contributed by atoms with Crippen molar-refractivity contribution in [2.24, 2.45) is 11.3 Å². The third kappa shape index (κ3) is 2.79. The minimum Gasteiger partial charge on any atom is -0.444 e. The van der Waals surface area contributed by atoms with Crippen LogP contribution in [0.3, 0.4) is 0 Å². The van der Waals surface area contributed by atoms with Crippen LogP contribution in [0.15, 0.2) is 0 Å². The van der Waals surface area contributed by atoms with E-state index in [0.29, 0.717) is 6.42 Å². The van der Waals surface area contributed by atoms with E-state index in [4.69, 9.17) is 4.74 Å². The van der Waals surface area contributed by atoms with Gasteiger partial charge in [0, 0.05) is 11.8 Å². The SMILES string of the molecule is CC(C)C1(C)C(=O)CC1NC(=O)OC(C)(C)C. The summed E-state index contributed by atoms with van der Waals surface area (Å²) in [7, 11) is 0. The van der Waals surface area contributed by atoms with Crippen LogP contribution in [0.2, 0.25) is 0 Å². The topological polar surface area (TPSA) is 55.4 Å². The average Bonchev–Trinajstić information content (AvgIpc) is 2.12. The maximum Gasteiger partial charge on any atom is 0.407 e. The van der Waals surface area contributed by atoms with Crippen molar-refractivity contribution in [1.29, 1.82) is 0 Å². The fourth-order valence-corrected chi connectivity index (χ4v) is 2.06. The number of nitrogens with one attached hydrogen (secondary N) is 1. The van der Waals surface area contributed by atoms with Gasteiger partial charge >= 0.3 is 6.09 Å². The van der Waals surface area contributed by atoms with E-state index < -0.39 is 17.1 Å². The van der Waals surface area contributed by atoms with E-state index in [2.05, 4.69) is 5.32 Å². The Morgan fingerprint density at radius 2 is 2.00 bits per heavy atom. The molecule has 4 heteroatoms. The van der Waals surface area contributed by atoms with Gasteiger partial charge < -0.3 is 10.1 Å². The first-order valence-electron chi connectivity index (χ1n) is 6.10. The van der Waals surface area contributed by atoms with Crippen molar-refractivity contribution in [3.63, 3.8) is 0 Å². The molecule has 1 N–H and O–H groups in total. The lowest BCUT2D eigenvalue weighted by Gasteiger charge is -2.48. The maximum atomic E-state index is 11.7. The number of amides is 1. The van der Waals surface area contributed by atoms with Gasteiger partial charge in [-0.2, -0.15) is 0 Å². The summed E-state index contributed by atoms with van der Waals surface area (Å²) in [5, 5.41) is 2.79. The number of rotatable bonds is 2. The van der Waals surface area contributed by atoms with Crippen molar-refractivity contribution in [2.75, 3.05) is 0 Å². The molecule has 1 fully saturated rings. The van der Waals surface area contributed by atoms with Gasteiger partial charge in [0.1, 0.15) is 11.4 Å². The quantitative estimate of drug-likeness (QED) is 0.808. The fourth-order valence-electron chi connectivity index (χ4n) is 2.06. The van der Waals surface area contributed by atoms with Crippen LogP contribution < -0.4 is 5.32 Å². The Bertz CT molecular complexity index is 330. The Labute approximate surface area is 103 Å². The molecule has 1 rings (SSSR count). The molecule has 1 saturated carbocycles. The Morgan fingerprint density at radius 3 is 2.35 bits per heavy atom. The number of hydrogen-bond acceptors (Lipinski definition) is 3. The van der Waals surface area contributed by atoms with Crippen LogP contribution in [0, 0.1) is 11.3 Å². The summed E-state index contributed by atoms with van der Waals surface area (Å²) >= 11 is 0. The molecule has 0 radical (unpaired) electrons. The second-order valence-electron chi connectivity index (χ2n) is 6.26. The Morgan fingerprint density at radius 1 is 1.47 bits per heavy atom. The highest BCUT2D eigenvalue weighted by molar-refractivity contribution is 5.93. The molecule has 0 bridgehead atoms. The molecular weight excluding hydrogens is 218 g/mol. The van der Waals surface area contributed by atoms with Crippen LogP contribution in [0.1, 0.15) is 48.0 Å². The third-order valence-electron chi connectivity index (χ3n) is 3.60. The lowest BCUT2D eigenvalue weighted by molar-refractivity contribution is -0.144. The predicted octanol–water partition coefficient (Wildman–Crippen LogP) is 2.51. The zero-order valence-electron chi connectivity index (χ0n) is 11.6. The average molecular weight is 241 g/mol. The molecule has 1 aliphatic carbocycles. The smallest absolute Gasteiger partial charge is 0.407 e. The second kappa shape index (κ2) is 4.31. The second-order valence-corrected chi connectivity index (χ2v) is 6.26. The zero-order chi connectivity index (χ0) is 13.4. The molecule has 4 nitrogen and oxygen atoms in total. The number of ether oxygens (including phenoxy) is 1. The van der Waals surface area contributed by atoms with Gasteiger partial charge in [0.15, 0.2) is 0 Å². The molecule has 0 aromatic heterocycles. The van der Waals surface area contributed by atoms with Gasteiger partial charge in [-0.3, -0.25) is 4.79 Å². The van der Waals surface area contributed by atoms with Gasteiger partial charge in [-0.05, 0) is 26.7 Å². The van der Waals surface area contributed by atoms with E-state index in [1.54, 1.807) is 0 Å². The highest BCUT2D eigenvalue weighted by Crippen LogP contribution is 2.43. The van der Waals surface area contributed by atoms with Crippen molar-refractivity contribution >= 4 is 11.9 Å². The molecule has 0 heterocycles. The largest absolute Gasteiger partial charge is 0.444 e. The van der Waals surface area contributed by atoms with E-state index >= 15 is 0 Å². The highest BCUT2D eigenvalue weighted by atomic mass is 16.6. The first-order valence-corrected chi connectivity index (χ1v) is 6.10. The molecule has 2 atom stereocenters. The van der Waals surface area contributed by atoms with Crippen LogP contribution in [-0.4, -0.2) is 23.5 Å². The van der Waals surface area contributed by atoms with E-state index in [0.717, 1.165) is 0 Å². The van der Waals surface area contributed by atoms with Crippen LogP contribution in [0.25, 0.3) is 0 Å². The first kappa shape index (κ1) is 14.0. The summed E-state index contributed by atoms with van der Waals surface area (Å²) in [6, 6.07) is -0.107. The van der Waals surface area contributed by atoms with Crippen LogP contribution in [0.4, 0.5) is 4.79 Å². The molecule has 1 aliphatic rings. The molecule has 0 saturated heterocycles. The monoisotopic (exact) mass is 241 g/mol. The fraction of sp³-hybridized carbons (Fsp3) is 0.846. The van der Waals surface area contributed by atoms with E-state index in [-0.39, 0.29) is 17.7 Å². The van der Waals surface area contributed by atoms with Gasteiger partial charge in [0.2, 0.25) is 0 Å². The standard InChI is InChI=1S/C13H23NO3/c1-8(2)13(6)9(7-10(13)15)14-11(16)17-12(3,4)5/h8-9H,7H2,1-6H3,(H,14,16). The Hall–Kier alpha value is -1.06. The van der Waals surface area contributed by atoms with Gasteiger partial charge in [-0.1, -0.05) is 20.8 Å². The van der Waals surface area contributed by atoms with Gasteiger partial charge in [-0.25, -0.2) is 4.79 Å². The zero-order valence-corrected chi connectivity index (χ0v) is 11.6. The number of carbonyl (C=O) groups is 2. The minimum atomic E-state index is -0.508. The number of Topliss-reactive ketones (excluding diaryl/α,β-unsaturated/α-hetero) is 1. The normalized spacial score (nSPS) is 28.9. The molecule has 0 aromatic carbocycles. The first-order chi connectivity index (χ1) is 7.57. The number of carbonyl (C=O) groups excluding carboxylic acids is 2. The molecule has 98 valence electrons. The molecule has 0 aliphatic heterocycles. The summed E-state index contributed by atoms with van der Waals surface area (Å²) < 4.78 is 5.19. The summed E-state index contributed by atoms with van der Waals surface area (Å²) in [4.78, 5) is 23.3. The lowest BCUT2D eigenvalue weighted by atomic mass is 9.58. The molecule has 2 unspecified atom stereocenters. The van der Waals surface area contributed by atoms with Crippen molar-refractivity contribution in [1.82, 2.24) is 5.32 Å². The Balaban J connectivity index is 2.60. The van der Waals surface area contributed by atoms with Gasteiger partial charge in [0.05, 0.1) is 6.04 Å². The molecular formula is C13H23NO3. The lowest BCUT2D eigenvalue weighted by Crippen LogP contribution is -2.63. The number of ketones is 1. The number of alkyl carbamates (subject to hydrolysis) is 1. The minimum absolute atomic E-state index is 0.107. The molecule has 0 aromatic rings. The summed E-state index contributed by atoms with van der Waals surface area (Å²) in [5.41, 5.74) is -0.955. The van der Waals surface area contributed by atoms with Gasteiger partial charge in [-0.15, -0.1) is 0 Å². The molecule has 1 amide bonds. The van der Waals surface area contributed by atoms with Crippen molar-refractivity contribution in [3.8, 4) is 0 Å². The molecule has 17 heavy (non-hydrogen) atoms. The van der Waals surface area contributed by atoms with E-state index in [1.165, 1.54) is 0 Å². The van der Waals surface area contributed by atoms with E-state index in [9.17, 15) is 9.59 Å². The maximum absolute atomic E-state index is 11.7. The van der Waals surface area contributed by atoms with Crippen molar-refractivity contribution in [2.45, 2.75) is 59.6 Å². The molecule has 0 spiro atoms. The predicted molar refractivity (Wildman–Crippen MR) is 65.7 cm³/mol. The van der Waals surface area contributed by atoms with Crippen molar-refractivity contribution < 1.29 is 14.3 Å². The Kier molecular flexibility index (Phi) is 3.55. The van der Waals surface area contributed by atoms with Gasteiger partial charge in [0.25, 0.3) is 0 Å². The summed E-state index contributed by atoms with van der Waals surface area (Å²) in [6.45, 7) is 11.4.